The van der Waals surface area contributed by atoms with Crippen LogP contribution >= 0.6 is 11.8 Å². The molecule has 0 aliphatic carbocycles. The van der Waals surface area contributed by atoms with Crippen molar-refractivity contribution in [2.24, 2.45) is 0 Å². The smallest absolute Gasteiger partial charge is 0.252 e. The number of hydrogen-bond acceptors (Lipinski definition) is 4. The molecular formula is C12H19N3OS. The van der Waals surface area contributed by atoms with Crippen LogP contribution in [0.2, 0.25) is 0 Å². The van der Waals surface area contributed by atoms with E-state index < -0.39 is 0 Å². The molecule has 1 fully saturated rings. The minimum Gasteiger partial charge on any atom is -0.341 e. The summed E-state index contributed by atoms with van der Waals surface area (Å²) in [4.78, 5) is 21.3. The van der Waals surface area contributed by atoms with E-state index in [1.807, 2.05) is 11.8 Å². The summed E-state index contributed by atoms with van der Waals surface area (Å²) in [7, 11) is 0. The predicted octanol–water partition coefficient (Wildman–Crippen LogP) is 1.62. The van der Waals surface area contributed by atoms with Gasteiger partial charge in [-0.15, -0.1) is 0 Å². The molecule has 1 aromatic rings. The second kappa shape index (κ2) is 4.72. The molecule has 0 atom stereocenters. The van der Waals surface area contributed by atoms with Gasteiger partial charge in [0.15, 0.2) is 0 Å². The zero-order valence-corrected chi connectivity index (χ0v) is 11.4. The molecule has 0 bridgehead atoms. The predicted molar refractivity (Wildman–Crippen MR) is 73.1 cm³/mol. The number of hydrogen-bond donors (Lipinski definition) is 1. The fourth-order valence-electron chi connectivity index (χ4n) is 1.75. The Balaban J connectivity index is 2.34. The van der Waals surface area contributed by atoms with E-state index in [2.05, 4.69) is 35.6 Å². The van der Waals surface area contributed by atoms with Gasteiger partial charge in [-0.05, 0) is 0 Å². The molecule has 5 heteroatoms. The van der Waals surface area contributed by atoms with Crippen LogP contribution in [0.25, 0.3) is 0 Å². The summed E-state index contributed by atoms with van der Waals surface area (Å²) in [5, 5.41) is 0. The lowest BCUT2D eigenvalue weighted by Crippen LogP contribution is -2.35. The van der Waals surface area contributed by atoms with E-state index in [0.717, 1.165) is 36.2 Å². The van der Waals surface area contributed by atoms with E-state index in [9.17, 15) is 4.79 Å². The van der Waals surface area contributed by atoms with Crippen molar-refractivity contribution in [2.75, 3.05) is 29.5 Å². The molecule has 0 spiro atoms. The fourth-order valence-corrected chi connectivity index (χ4v) is 2.66. The van der Waals surface area contributed by atoms with Gasteiger partial charge in [-0.25, -0.2) is 4.98 Å². The second-order valence-corrected chi connectivity index (χ2v) is 6.53. The van der Waals surface area contributed by atoms with E-state index >= 15 is 0 Å². The number of H-pyrrole nitrogens is 1. The molecule has 1 aliphatic rings. The number of anilines is 1. The number of rotatable bonds is 1. The van der Waals surface area contributed by atoms with Crippen LogP contribution in [0.4, 0.5) is 5.95 Å². The quantitative estimate of drug-likeness (QED) is 0.826. The highest BCUT2D eigenvalue weighted by molar-refractivity contribution is 7.99. The number of thioether (sulfide) groups is 1. The lowest BCUT2D eigenvalue weighted by atomic mass is 9.92. The van der Waals surface area contributed by atoms with E-state index in [-0.39, 0.29) is 11.0 Å². The van der Waals surface area contributed by atoms with Crippen molar-refractivity contribution in [1.29, 1.82) is 0 Å². The van der Waals surface area contributed by atoms with Gasteiger partial charge < -0.3 is 4.90 Å². The number of nitrogens with one attached hydrogen (secondary N) is 1. The summed E-state index contributed by atoms with van der Waals surface area (Å²) in [5.74, 6) is 2.93. The van der Waals surface area contributed by atoms with Crippen molar-refractivity contribution < 1.29 is 0 Å². The Hall–Kier alpha value is -0.970. The summed E-state index contributed by atoms with van der Waals surface area (Å²) in [6.45, 7) is 8.14. The molecule has 0 unspecified atom stereocenters. The topological polar surface area (TPSA) is 49.0 Å². The van der Waals surface area contributed by atoms with Crippen molar-refractivity contribution in [3.05, 3.63) is 22.1 Å². The number of nitrogens with zero attached hydrogens (tertiary/aromatic N) is 2. The van der Waals surface area contributed by atoms with Crippen LogP contribution in [-0.2, 0) is 5.41 Å². The van der Waals surface area contributed by atoms with Crippen LogP contribution in [0.5, 0.6) is 0 Å². The largest absolute Gasteiger partial charge is 0.341 e. The molecule has 17 heavy (non-hydrogen) atoms. The van der Waals surface area contributed by atoms with Gasteiger partial charge in [0.25, 0.3) is 5.56 Å². The molecule has 1 aromatic heterocycles. The Morgan fingerprint density at radius 1 is 1.35 bits per heavy atom. The van der Waals surface area contributed by atoms with Gasteiger partial charge >= 0.3 is 0 Å². The molecule has 0 saturated carbocycles. The maximum atomic E-state index is 11.7. The number of aromatic amines is 1. The zero-order valence-electron chi connectivity index (χ0n) is 10.6. The lowest BCUT2D eigenvalue weighted by molar-refractivity contribution is 0.564. The van der Waals surface area contributed by atoms with E-state index in [1.165, 1.54) is 0 Å². The van der Waals surface area contributed by atoms with Gasteiger partial charge in [0.2, 0.25) is 5.95 Å². The first-order valence-electron chi connectivity index (χ1n) is 5.91. The highest BCUT2D eigenvalue weighted by Crippen LogP contribution is 2.21. The van der Waals surface area contributed by atoms with Gasteiger partial charge in [0, 0.05) is 36.1 Å². The van der Waals surface area contributed by atoms with Crippen LogP contribution < -0.4 is 10.5 Å². The van der Waals surface area contributed by atoms with E-state index in [4.69, 9.17) is 0 Å². The van der Waals surface area contributed by atoms with Gasteiger partial charge in [0.05, 0.1) is 5.69 Å². The molecule has 1 aliphatic heterocycles. The summed E-state index contributed by atoms with van der Waals surface area (Å²) in [6, 6.07) is 1.60. The first-order valence-corrected chi connectivity index (χ1v) is 7.07. The standard InChI is InChI=1S/C12H19N3OS/c1-12(2,3)9-8-10(16)14-11(13-9)15-4-6-17-7-5-15/h8H,4-7H2,1-3H3,(H,13,14,16). The molecule has 0 radical (unpaired) electrons. The molecule has 2 rings (SSSR count). The average Bonchev–Trinajstić information content (AvgIpc) is 2.28. The SMILES string of the molecule is CC(C)(C)c1cc(=O)[nH]c(N2CCSCC2)n1. The number of aromatic nitrogens is 2. The van der Waals surface area contributed by atoms with Crippen molar-refractivity contribution in [3.8, 4) is 0 Å². The van der Waals surface area contributed by atoms with Crippen molar-refractivity contribution >= 4 is 17.7 Å². The molecule has 1 saturated heterocycles. The lowest BCUT2D eigenvalue weighted by Gasteiger charge is -2.28. The summed E-state index contributed by atoms with van der Waals surface area (Å²) < 4.78 is 0. The molecule has 94 valence electrons. The molecular weight excluding hydrogens is 234 g/mol. The highest BCUT2D eigenvalue weighted by atomic mass is 32.2. The van der Waals surface area contributed by atoms with Crippen LogP contribution in [-0.4, -0.2) is 34.6 Å². The van der Waals surface area contributed by atoms with Crippen LogP contribution in [0, 0.1) is 0 Å². The van der Waals surface area contributed by atoms with Gasteiger partial charge in [-0.2, -0.15) is 11.8 Å². The maximum absolute atomic E-state index is 11.7. The molecule has 0 aromatic carbocycles. The van der Waals surface area contributed by atoms with Crippen LogP contribution in [0.15, 0.2) is 10.9 Å². The van der Waals surface area contributed by atoms with E-state index in [1.54, 1.807) is 6.07 Å². The van der Waals surface area contributed by atoms with Crippen LogP contribution in [0.3, 0.4) is 0 Å². The Bertz CT molecular complexity index is 444. The first-order chi connectivity index (χ1) is 7.97. The van der Waals surface area contributed by atoms with E-state index in [0.29, 0.717) is 0 Å². The monoisotopic (exact) mass is 253 g/mol. The average molecular weight is 253 g/mol. The molecule has 1 N–H and O–H groups in total. The second-order valence-electron chi connectivity index (χ2n) is 5.30. The van der Waals surface area contributed by atoms with Gasteiger partial charge in [0.1, 0.15) is 0 Å². The summed E-state index contributed by atoms with van der Waals surface area (Å²) in [5.41, 5.74) is 0.709. The van der Waals surface area contributed by atoms with Crippen molar-refractivity contribution in [1.82, 2.24) is 9.97 Å². The van der Waals surface area contributed by atoms with Crippen LogP contribution in [0.1, 0.15) is 26.5 Å². The third-order valence-corrected chi connectivity index (χ3v) is 3.75. The minimum atomic E-state index is -0.0897. The summed E-state index contributed by atoms with van der Waals surface area (Å²) >= 11 is 1.95. The zero-order chi connectivity index (χ0) is 12.5. The maximum Gasteiger partial charge on any atom is 0.252 e. The Kier molecular flexibility index (Phi) is 3.47. The molecule has 4 nitrogen and oxygen atoms in total. The first kappa shape index (κ1) is 12.5. The van der Waals surface area contributed by atoms with Gasteiger partial charge in [-0.1, -0.05) is 20.8 Å². The fraction of sp³-hybridized carbons (Fsp3) is 0.667. The van der Waals surface area contributed by atoms with Crippen molar-refractivity contribution in [3.63, 3.8) is 0 Å². The van der Waals surface area contributed by atoms with Gasteiger partial charge in [-0.3, -0.25) is 9.78 Å². The Labute approximate surface area is 106 Å². The minimum absolute atomic E-state index is 0.0573. The molecule has 2 heterocycles. The summed E-state index contributed by atoms with van der Waals surface area (Å²) in [6.07, 6.45) is 0. The third-order valence-electron chi connectivity index (χ3n) is 2.81. The third kappa shape index (κ3) is 3.03. The normalized spacial score (nSPS) is 17.2. The highest BCUT2D eigenvalue weighted by Gasteiger charge is 2.20. The Morgan fingerprint density at radius 2 is 2.00 bits per heavy atom. The Morgan fingerprint density at radius 3 is 2.59 bits per heavy atom. The molecule has 0 amide bonds. The van der Waals surface area contributed by atoms with Crippen molar-refractivity contribution in [2.45, 2.75) is 26.2 Å².